The van der Waals surface area contributed by atoms with Gasteiger partial charge in [0.05, 0.1) is 5.56 Å². The SMILES string of the molecule is CC(C)(C)[Si](C)(C)O[C@H]([C@@H]1O[C@H]1c1cccc(C(F)(F)F)c1)C(Cl)(Cl)Cl. The molecule has 0 N–H and O–H groups in total. The molecule has 1 fully saturated rings. The Morgan fingerprint density at radius 1 is 1.12 bits per heavy atom. The molecule has 0 radical (unpaired) electrons. The fourth-order valence-electron chi connectivity index (χ4n) is 2.33. The second-order valence-electron chi connectivity index (χ2n) is 7.98. The molecule has 0 aromatic heterocycles. The van der Waals surface area contributed by atoms with Crippen molar-refractivity contribution in [2.24, 2.45) is 0 Å². The molecular weight excluding hydrogens is 428 g/mol. The van der Waals surface area contributed by atoms with Crippen LogP contribution in [0.5, 0.6) is 0 Å². The molecule has 148 valence electrons. The predicted octanol–water partition coefficient (Wildman–Crippen LogP) is 6.91. The van der Waals surface area contributed by atoms with Crippen LogP contribution in [0.3, 0.4) is 0 Å². The quantitative estimate of drug-likeness (QED) is 0.283. The van der Waals surface area contributed by atoms with Crippen molar-refractivity contribution in [2.45, 2.75) is 67.2 Å². The van der Waals surface area contributed by atoms with E-state index in [1.165, 1.54) is 6.07 Å². The number of epoxide rings is 1. The maximum Gasteiger partial charge on any atom is 0.416 e. The highest BCUT2D eigenvalue weighted by Crippen LogP contribution is 2.51. The van der Waals surface area contributed by atoms with Gasteiger partial charge in [-0.1, -0.05) is 67.7 Å². The van der Waals surface area contributed by atoms with E-state index < -0.39 is 42.2 Å². The van der Waals surface area contributed by atoms with Crippen LogP contribution >= 0.6 is 34.8 Å². The molecule has 1 saturated heterocycles. The van der Waals surface area contributed by atoms with E-state index in [9.17, 15) is 13.2 Å². The molecule has 1 heterocycles. The molecule has 0 saturated carbocycles. The van der Waals surface area contributed by atoms with Crippen LogP contribution in [-0.4, -0.2) is 24.3 Å². The average Bonchev–Trinajstić information content (AvgIpc) is 3.21. The van der Waals surface area contributed by atoms with Gasteiger partial charge in [0.2, 0.25) is 3.79 Å². The van der Waals surface area contributed by atoms with Crippen molar-refractivity contribution in [1.82, 2.24) is 0 Å². The van der Waals surface area contributed by atoms with Crippen molar-refractivity contribution in [3.8, 4) is 0 Å². The average molecular weight is 450 g/mol. The number of hydrogen-bond donors (Lipinski definition) is 0. The third-order valence-electron chi connectivity index (χ3n) is 4.92. The normalized spacial score (nSPS) is 23.0. The molecule has 0 amide bonds. The number of ether oxygens (including phenoxy) is 1. The van der Waals surface area contributed by atoms with Crippen molar-refractivity contribution in [1.29, 1.82) is 0 Å². The second-order valence-corrected chi connectivity index (χ2v) is 15.1. The summed E-state index contributed by atoms with van der Waals surface area (Å²) in [6, 6.07) is 4.99. The summed E-state index contributed by atoms with van der Waals surface area (Å²) in [6.45, 7) is 10.2. The Bertz CT molecular complexity index is 654. The molecule has 26 heavy (non-hydrogen) atoms. The van der Waals surface area contributed by atoms with Gasteiger partial charge in [0, 0.05) is 0 Å². The zero-order chi connectivity index (χ0) is 20.1. The number of benzene rings is 1. The van der Waals surface area contributed by atoms with Crippen LogP contribution in [0.2, 0.25) is 18.1 Å². The summed E-state index contributed by atoms with van der Waals surface area (Å²) in [6.07, 6.45) is -6.50. The van der Waals surface area contributed by atoms with E-state index in [1.807, 2.05) is 33.9 Å². The lowest BCUT2D eigenvalue weighted by Crippen LogP contribution is -2.49. The van der Waals surface area contributed by atoms with Crippen molar-refractivity contribution < 1.29 is 22.3 Å². The lowest BCUT2D eigenvalue weighted by atomic mass is 10.0. The van der Waals surface area contributed by atoms with Gasteiger partial charge in [-0.25, -0.2) is 0 Å². The molecule has 0 spiro atoms. The van der Waals surface area contributed by atoms with E-state index in [4.69, 9.17) is 44.0 Å². The monoisotopic (exact) mass is 448 g/mol. The Balaban J connectivity index is 2.24. The molecular formula is C17H22Cl3F3O2Si. The lowest BCUT2D eigenvalue weighted by molar-refractivity contribution is -0.137. The van der Waals surface area contributed by atoms with E-state index in [-0.39, 0.29) is 5.04 Å². The van der Waals surface area contributed by atoms with Gasteiger partial charge in [-0.15, -0.1) is 0 Å². The van der Waals surface area contributed by atoms with E-state index in [2.05, 4.69) is 0 Å². The maximum absolute atomic E-state index is 12.9. The highest BCUT2D eigenvalue weighted by molar-refractivity contribution is 6.74. The van der Waals surface area contributed by atoms with E-state index in [1.54, 1.807) is 6.07 Å². The molecule has 2 rings (SSSR count). The van der Waals surface area contributed by atoms with E-state index in [0.717, 1.165) is 12.1 Å². The van der Waals surface area contributed by atoms with Crippen LogP contribution in [0.25, 0.3) is 0 Å². The molecule has 0 aliphatic carbocycles. The van der Waals surface area contributed by atoms with Gasteiger partial charge < -0.3 is 9.16 Å². The molecule has 2 nitrogen and oxygen atoms in total. The summed E-state index contributed by atoms with van der Waals surface area (Å²) < 4.78 is 48.9. The minimum Gasteiger partial charge on any atom is -0.407 e. The zero-order valence-corrected chi connectivity index (χ0v) is 18.4. The Labute approximate surface area is 168 Å². The largest absolute Gasteiger partial charge is 0.416 e. The summed E-state index contributed by atoms with van der Waals surface area (Å²) in [7, 11) is -2.29. The van der Waals surface area contributed by atoms with Crippen LogP contribution in [0.4, 0.5) is 13.2 Å². The molecule has 3 atom stereocenters. The summed E-state index contributed by atoms with van der Waals surface area (Å²) in [5, 5.41) is -0.123. The molecule has 0 unspecified atom stereocenters. The summed E-state index contributed by atoms with van der Waals surface area (Å²) in [5.41, 5.74) is -0.345. The fourth-order valence-corrected chi connectivity index (χ4v) is 4.36. The Kier molecular flexibility index (Phi) is 6.11. The van der Waals surface area contributed by atoms with Crippen LogP contribution in [0.15, 0.2) is 24.3 Å². The summed E-state index contributed by atoms with van der Waals surface area (Å²) in [4.78, 5) is 0. The van der Waals surface area contributed by atoms with Crippen molar-refractivity contribution in [3.05, 3.63) is 35.4 Å². The van der Waals surface area contributed by atoms with Crippen molar-refractivity contribution in [3.63, 3.8) is 0 Å². The Morgan fingerprint density at radius 3 is 2.15 bits per heavy atom. The summed E-state index contributed by atoms with van der Waals surface area (Å²) in [5.74, 6) is 0. The van der Waals surface area contributed by atoms with Crippen LogP contribution in [0.1, 0.15) is 38.0 Å². The minimum absolute atomic E-state index is 0.123. The minimum atomic E-state index is -4.42. The summed E-state index contributed by atoms with van der Waals surface area (Å²) >= 11 is 18.3. The van der Waals surface area contributed by atoms with Crippen LogP contribution in [-0.2, 0) is 15.3 Å². The van der Waals surface area contributed by atoms with Crippen molar-refractivity contribution in [2.75, 3.05) is 0 Å². The predicted molar refractivity (Wildman–Crippen MR) is 101 cm³/mol. The number of alkyl halides is 6. The van der Waals surface area contributed by atoms with Gasteiger partial charge in [0.1, 0.15) is 18.3 Å². The lowest BCUT2D eigenvalue weighted by Gasteiger charge is -2.40. The molecule has 1 aromatic carbocycles. The van der Waals surface area contributed by atoms with Gasteiger partial charge in [0.25, 0.3) is 0 Å². The topological polar surface area (TPSA) is 21.8 Å². The smallest absolute Gasteiger partial charge is 0.407 e. The molecule has 1 aromatic rings. The first-order valence-electron chi connectivity index (χ1n) is 8.11. The van der Waals surface area contributed by atoms with E-state index >= 15 is 0 Å². The van der Waals surface area contributed by atoms with Crippen molar-refractivity contribution >= 4 is 43.1 Å². The van der Waals surface area contributed by atoms with Gasteiger partial charge in [-0.05, 0) is 35.8 Å². The Morgan fingerprint density at radius 2 is 1.69 bits per heavy atom. The van der Waals surface area contributed by atoms with Gasteiger partial charge >= 0.3 is 6.18 Å². The second kappa shape index (κ2) is 7.12. The standard InChI is InChI=1S/C17H22Cl3F3O2Si/c1-15(2,3)26(4,5)25-14(16(18,19)20)13-12(24-13)10-7-6-8-11(9-10)17(21,22)23/h6-9,12-14H,1-5H3/t12-,13+,14+/m0/s1. The van der Waals surface area contributed by atoms with Gasteiger partial charge in [0.15, 0.2) is 8.32 Å². The third-order valence-corrected chi connectivity index (χ3v) is 10.0. The number of halogens is 6. The Hall–Kier alpha value is 0.0169. The maximum atomic E-state index is 12.9. The molecule has 1 aliphatic heterocycles. The first kappa shape index (κ1) is 22.3. The fraction of sp³-hybridized carbons (Fsp3) is 0.647. The first-order valence-corrected chi connectivity index (χ1v) is 12.2. The van der Waals surface area contributed by atoms with Gasteiger partial charge in [-0.2, -0.15) is 13.2 Å². The molecule has 0 bridgehead atoms. The van der Waals surface area contributed by atoms with Gasteiger partial charge in [-0.3, -0.25) is 0 Å². The molecule has 9 heteroatoms. The van der Waals surface area contributed by atoms with Crippen LogP contribution < -0.4 is 0 Å². The highest BCUT2D eigenvalue weighted by atomic mass is 35.6. The molecule has 1 aliphatic rings. The van der Waals surface area contributed by atoms with E-state index in [0.29, 0.717) is 5.56 Å². The zero-order valence-electron chi connectivity index (χ0n) is 15.1. The third kappa shape index (κ3) is 5.09. The van der Waals surface area contributed by atoms with Crippen LogP contribution in [0, 0.1) is 0 Å². The first-order chi connectivity index (χ1) is 11.5. The number of hydrogen-bond acceptors (Lipinski definition) is 2. The number of rotatable bonds is 4. The highest BCUT2D eigenvalue weighted by Gasteiger charge is 2.56.